The van der Waals surface area contributed by atoms with Gasteiger partial charge < -0.3 is 5.73 Å². The summed E-state index contributed by atoms with van der Waals surface area (Å²) in [6, 6.07) is 9.93. The Labute approximate surface area is 97.9 Å². The second-order valence-corrected chi connectivity index (χ2v) is 4.33. The Morgan fingerprint density at radius 2 is 1.94 bits per heavy atom. The fourth-order valence-electron chi connectivity index (χ4n) is 1.64. The Bertz CT molecular complexity index is 321. The van der Waals surface area contributed by atoms with Crippen molar-refractivity contribution in [1.82, 2.24) is 0 Å². The van der Waals surface area contributed by atoms with Gasteiger partial charge in [0.1, 0.15) is 5.78 Å². The van der Waals surface area contributed by atoms with Gasteiger partial charge in [-0.2, -0.15) is 0 Å². The predicted octanol–water partition coefficient (Wildman–Crippen LogP) is 3.08. The quantitative estimate of drug-likeness (QED) is 0.799. The van der Waals surface area contributed by atoms with Crippen molar-refractivity contribution in [3.05, 3.63) is 35.9 Å². The number of rotatable bonds is 6. The molecular weight excluding hydrogens is 198 g/mol. The first-order valence-corrected chi connectivity index (χ1v) is 5.98. The number of benzene rings is 1. The van der Waals surface area contributed by atoms with E-state index < -0.39 is 0 Å². The predicted molar refractivity (Wildman–Crippen MR) is 67.1 cm³/mol. The highest BCUT2D eigenvalue weighted by molar-refractivity contribution is 5.80. The molecule has 0 heterocycles. The van der Waals surface area contributed by atoms with Gasteiger partial charge in [-0.05, 0) is 18.4 Å². The molecule has 88 valence electrons. The summed E-state index contributed by atoms with van der Waals surface area (Å²) in [5.74, 6) is 0.497. The Hall–Kier alpha value is -1.15. The zero-order chi connectivity index (χ0) is 12.0. The highest BCUT2D eigenvalue weighted by atomic mass is 16.1. The van der Waals surface area contributed by atoms with E-state index in [9.17, 15) is 4.79 Å². The van der Waals surface area contributed by atoms with Crippen LogP contribution in [0.15, 0.2) is 30.3 Å². The number of carbonyl (C=O) groups is 1. The Kier molecular flexibility index (Phi) is 5.20. The lowest BCUT2D eigenvalue weighted by molar-refractivity contribution is -0.122. The molecule has 2 heteroatoms. The fourth-order valence-corrected chi connectivity index (χ4v) is 1.64. The molecule has 1 aromatic carbocycles. The van der Waals surface area contributed by atoms with Gasteiger partial charge in [-0.3, -0.25) is 4.79 Å². The van der Waals surface area contributed by atoms with E-state index in [1.807, 2.05) is 44.2 Å². The van der Waals surface area contributed by atoms with Crippen molar-refractivity contribution in [2.24, 2.45) is 11.7 Å². The Morgan fingerprint density at radius 3 is 2.50 bits per heavy atom. The van der Waals surface area contributed by atoms with Crippen LogP contribution >= 0.6 is 0 Å². The lowest BCUT2D eigenvalue weighted by Gasteiger charge is -2.13. The highest BCUT2D eigenvalue weighted by Crippen LogP contribution is 2.17. The van der Waals surface area contributed by atoms with E-state index in [1.54, 1.807) is 0 Å². The van der Waals surface area contributed by atoms with Crippen molar-refractivity contribution in [2.75, 3.05) is 0 Å². The van der Waals surface area contributed by atoms with Gasteiger partial charge in [-0.25, -0.2) is 0 Å². The van der Waals surface area contributed by atoms with Crippen LogP contribution in [0.3, 0.4) is 0 Å². The van der Waals surface area contributed by atoms with Gasteiger partial charge in [0, 0.05) is 18.4 Å². The molecule has 2 nitrogen and oxygen atoms in total. The van der Waals surface area contributed by atoms with Crippen LogP contribution in [-0.4, -0.2) is 5.78 Å². The van der Waals surface area contributed by atoms with Crippen molar-refractivity contribution in [2.45, 2.75) is 39.2 Å². The molecule has 0 saturated heterocycles. The number of hydrogen-bond acceptors (Lipinski definition) is 2. The van der Waals surface area contributed by atoms with Crippen LogP contribution in [-0.2, 0) is 4.79 Å². The fraction of sp³-hybridized carbons (Fsp3) is 0.500. The lowest BCUT2D eigenvalue weighted by atomic mass is 9.95. The number of nitrogens with two attached hydrogens (primary N) is 1. The molecule has 0 bridgehead atoms. The van der Waals surface area contributed by atoms with E-state index in [1.165, 1.54) is 0 Å². The van der Waals surface area contributed by atoms with Crippen LogP contribution in [0.2, 0.25) is 0 Å². The third-order valence-corrected chi connectivity index (χ3v) is 3.09. The minimum Gasteiger partial charge on any atom is -0.324 e. The maximum Gasteiger partial charge on any atom is 0.135 e. The molecule has 0 aliphatic heterocycles. The first-order chi connectivity index (χ1) is 7.65. The van der Waals surface area contributed by atoms with Crippen molar-refractivity contribution in [3.63, 3.8) is 0 Å². The van der Waals surface area contributed by atoms with Crippen LogP contribution in [0.4, 0.5) is 0 Å². The molecule has 1 rings (SSSR count). The molecule has 0 aromatic heterocycles. The first-order valence-electron chi connectivity index (χ1n) is 5.98. The summed E-state index contributed by atoms with van der Waals surface area (Å²) < 4.78 is 0. The first kappa shape index (κ1) is 12.9. The molecule has 0 fully saturated rings. The topological polar surface area (TPSA) is 43.1 Å². The number of hydrogen-bond donors (Lipinski definition) is 1. The molecule has 0 aliphatic carbocycles. The molecule has 2 atom stereocenters. The zero-order valence-corrected chi connectivity index (χ0v) is 10.1. The number of carbonyl (C=O) groups excluding carboxylic acids is 1. The van der Waals surface area contributed by atoms with Crippen molar-refractivity contribution in [1.29, 1.82) is 0 Å². The summed E-state index contributed by atoms with van der Waals surface area (Å²) in [5.41, 5.74) is 7.14. The zero-order valence-electron chi connectivity index (χ0n) is 10.1. The third kappa shape index (κ3) is 3.78. The van der Waals surface area contributed by atoms with E-state index in [-0.39, 0.29) is 12.0 Å². The monoisotopic (exact) mass is 219 g/mol. The number of ketones is 1. The van der Waals surface area contributed by atoms with Crippen LogP contribution in [0.5, 0.6) is 0 Å². The van der Waals surface area contributed by atoms with Gasteiger partial charge in [0.25, 0.3) is 0 Å². The molecule has 0 aliphatic rings. The summed E-state index contributed by atoms with van der Waals surface area (Å²) in [7, 11) is 0. The van der Waals surface area contributed by atoms with Crippen LogP contribution in [0.25, 0.3) is 0 Å². The molecule has 0 amide bonds. The second kappa shape index (κ2) is 6.44. The maximum absolute atomic E-state index is 11.7. The highest BCUT2D eigenvalue weighted by Gasteiger charge is 2.13. The summed E-state index contributed by atoms with van der Waals surface area (Å²) in [5, 5.41) is 0. The summed E-state index contributed by atoms with van der Waals surface area (Å²) in [6.45, 7) is 4.02. The minimum absolute atomic E-state index is 0.0193. The van der Waals surface area contributed by atoms with E-state index in [2.05, 4.69) is 0 Å². The van der Waals surface area contributed by atoms with Gasteiger partial charge in [0.05, 0.1) is 0 Å². The third-order valence-electron chi connectivity index (χ3n) is 3.09. The van der Waals surface area contributed by atoms with Gasteiger partial charge >= 0.3 is 0 Å². The van der Waals surface area contributed by atoms with Crippen LogP contribution in [0.1, 0.15) is 44.7 Å². The molecule has 0 spiro atoms. The lowest BCUT2D eigenvalue weighted by Crippen LogP contribution is -2.15. The van der Waals surface area contributed by atoms with Crippen molar-refractivity contribution in [3.8, 4) is 0 Å². The van der Waals surface area contributed by atoms with Crippen LogP contribution < -0.4 is 5.73 Å². The second-order valence-electron chi connectivity index (χ2n) is 4.33. The van der Waals surface area contributed by atoms with Gasteiger partial charge in [-0.15, -0.1) is 0 Å². The van der Waals surface area contributed by atoms with Crippen molar-refractivity contribution >= 4 is 5.78 Å². The van der Waals surface area contributed by atoms with E-state index >= 15 is 0 Å². The van der Waals surface area contributed by atoms with E-state index in [4.69, 9.17) is 5.73 Å². The Balaban J connectivity index is 2.42. The van der Waals surface area contributed by atoms with Crippen LogP contribution in [0, 0.1) is 5.92 Å². The average molecular weight is 219 g/mol. The Morgan fingerprint density at radius 1 is 1.31 bits per heavy atom. The molecule has 0 radical (unpaired) electrons. The molecule has 2 N–H and O–H groups in total. The van der Waals surface area contributed by atoms with Crippen molar-refractivity contribution < 1.29 is 4.79 Å². The average Bonchev–Trinajstić information content (AvgIpc) is 2.35. The summed E-state index contributed by atoms with van der Waals surface area (Å²) in [6.07, 6.45) is 2.25. The van der Waals surface area contributed by atoms with Gasteiger partial charge in [0.2, 0.25) is 0 Å². The summed E-state index contributed by atoms with van der Waals surface area (Å²) >= 11 is 0. The SMILES string of the molecule is CCC(C)C(=O)CCC(N)c1ccccc1. The molecular formula is C14H21NO. The normalized spacial score (nSPS) is 14.4. The maximum atomic E-state index is 11.7. The van der Waals surface area contributed by atoms with E-state index in [0.29, 0.717) is 12.2 Å². The van der Waals surface area contributed by atoms with Gasteiger partial charge in [-0.1, -0.05) is 44.2 Å². The summed E-state index contributed by atoms with van der Waals surface area (Å²) in [4.78, 5) is 11.7. The largest absolute Gasteiger partial charge is 0.324 e. The smallest absolute Gasteiger partial charge is 0.135 e. The molecule has 2 unspecified atom stereocenters. The molecule has 16 heavy (non-hydrogen) atoms. The molecule has 1 aromatic rings. The van der Waals surface area contributed by atoms with Gasteiger partial charge in [0.15, 0.2) is 0 Å². The standard InChI is InChI=1S/C14H21NO/c1-3-11(2)14(16)10-9-13(15)12-7-5-4-6-8-12/h4-8,11,13H,3,9-10,15H2,1-2H3. The molecule has 0 saturated carbocycles. The van der Waals surface area contributed by atoms with E-state index in [0.717, 1.165) is 18.4 Å². The number of Topliss-reactive ketones (excluding diaryl/α,β-unsaturated/α-hetero) is 1. The minimum atomic E-state index is -0.0193.